The second kappa shape index (κ2) is 6.64. The molecule has 0 saturated carbocycles. The molecular weight excluding hydrogens is 295 g/mol. The van der Waals surface area contributed by atoms with Gasteiger partial charge in [0.05, 0.1) is 12.8 Å². The van der Waals surface area contributed by atoms with Gasteiger partial charge in [-0.15, -0.1) is 0 Å². The predicted molar refractivity (Wildman–Crippen MR) is 95.4 cm³/mol. The van der Waals surface area contributed by atoms with Crippen LogP contribution in [0.2, 0.25) is 0 Å². The third kappa shape index (κ3) is 4.27. The number of nitrogens with one attached hydrogen (secondary N) is 1. The van der Waals surface area contributed by atoms with Gasteiger partial charge in [-0.05, 0) is 30.7 Å². The zero-order valence-electron chi connectivity index (χ0n) is 14.5. The van der Waals surface area contributed by atoms with Crippen molar-refractivity contribution in [2.75, 3.05) is 51.4 Å². The highest BCUT2D eigenvalue weighted by Crippen LogP contribution is 2.47. The molecule has 1 heterocycles. The van der Waals surface area contributed by atoms with Crippen LogP contribution >= 0.6 is 7.14 Å². The first-order valence-electron chi connectivity index (χ1n) is 7.93. The Morgan fingerprint density at radius 1 is 1.27 bits per heavy atom. The van der Waals surface area contributed by atoms with E-state index in [1.54, 1.807) is 7.11 Å². The van der Waals surface area contributed by atoms with E-state index in [4.69, 9.17) is 4.74 Å². The molecule has 0 unspecified atom stereocenters. The van der Waals surface area contributed by atoms with Crippen LogP contribution < -0.4 is 15.4 Å². The molecule has 1 aromatic rings. The molecule has 1 aliphatic heterocycles. The molecule has 0 aromatic heterocycles. The van der Waals surface area contributed by atoms with E-state index in [0.717, 1.165) is 48.7 Å². The molecule has 124 valence electrons. The van der Waals surface area contributed by atoms with Crippen LogP contribution in [0.4, 0.5) is 5.69 Å². The van der Waals surface area contributed by atoms with Crippen LogP contribution in [0, 0.1) is 5.41 Å². The summed E-state index contributed by atoms with van der Waals surface area (Å²) in [6.07, 6.45) is 1.53. The van der Waals surface area contributed by atoms with Crippen LogP contribution in [-0.4, -0.2) is 51.0 Å². The third-order valence-corrected chi connectivity index (χ3v) is 7.21. The Balaban J connectivity index is 2.20. The van der Waals surface area contributed by atoms with E-state index < -0.39 is 7.14 Å². The minimum absolute atomic E-state index is 0.199. The SMILES string of the molecule is COc1cc(P2(=O)CCN(C)CC2)ccc1NCC(C)(C)C. The van der Waals surface area contributed by atoms with E-state index in [-0.39, 0.29) is 5.41 Å². The van der Waals surface area contributed by atoms with Crippen molar-refractivity contribution in [3.8, 4) is 5.75 Å². The van der Waals surface area contributed by atoms with Gasteiger partial charge in [-0.2, -0.15) is 0 Å². The number of benzene rings is 1. The minimum atomic E-state index is -2.26. The van der Waals surface area contributed by atoms with Crippen molar-refractivity contribution >= 4 is 18.1 Å². The number of nitrogens with zero attached hydrogens (tertiary/aromatic N) is 1. The largest absolute Gasteiger partial charge is 0.495 e. The second-order valence-electron chi connectivity index (χ2n) is 7.44. The fraction of sp³-hybridized carbons (Fsp3) is 0.647. The number of ether oxygens (including phenoxy) is 1. The summed E-state index contributed by atoms with van der Waals surface area (Å²) in [5.74, 6) is 0.788. The smallest absolute Gasteiger partial charge is 0.142 e. The van der Waals surface area contributed by atoms with Crippen LogP contribution in [0.1, 0.15) is 20.8 Å². The molecule has 1 N–H and O–H groups in total. The maximum absolute atomic E-state index is 13.2. The molecule has 0 bridgehead atoms. The van der Waals surface area contributed by atoms with Crippen molar-refractivity contribution in [2.24, 2.45) is 5.41 Å². The minimum Gasteiger partial charge on any atom is -0.495 e. The van der Waals surface area contributed by atoms with Crippen LogP contribution in [0.15, 0.2) is 18.2 Å². The summed E-state index contributed by atoms with van der Waals surface area (Å²) in [7, 11) is 1.50. The average Bonchev–Trinajstić information content (AvgIpc) is 2.47. The molecular formula is C17H29N2O2P. The summed E-state index contributed by atoms with van der Waals surface area (Å²) in [6.45, 7) is 9.25. The second-order valence-corrected chi connectivity index (χ2v) is 10.6. The van der Waals surface area contributed by atoms with E-state index in [9.17, 15) is 4.57 Å². The van der Waals surface area contributed by atoms with E-state index in [1.807, 2.05) is 18.2 Å². The van der Waals surface area contributed by atoms with E-state index in [2.05, 4.69) is 38.0 Å². The maximum Gasteiger partial charge on any atom is 0.142 e. The van der Waals surface area contributed by atoms with Gasteiger partial charge in [-0.3, -0.25) is 0 Å². The Hall–Kier alpha value is -0.990. The van der Waals surface area contributed by atoms with Crippen LogP contribution in [0.3, 0.4) is 0 Å². The number of methoxy groups -OCH3 is 1. The highest BCUT2D eigenvalue weighted by atomic mass is 31.2. The van der Waals surface area contributed by atoms with Gasteiger partial charge in [0.1, 0.15) is 12.9 Å². The first-order valence-corrected chi connectivity index (χ1v) is 10.0. The quantitative estimate of drug-likeness (QED) is 0.864. The lowest BCUT2D eigenvalue weighted by Crippen LogP contribution is -2.34. The summed E-state index contributed by atoms with van der Waals surface area (Å²) >= 11 is 0. The van der Waals surface area contributed by atoms with Crippen LogP contribution in [0.5, 0.6) is 5.75 Å². The molecule has 0 amide bonds. The molecule has 5 heteroatoms. The molecule has 22 heavy (non-hydrogen) atoms. The molecule has 2 rings (SSSR count). The highest BCUT2D eigenvalue weighted by molar-refractivity contribution is 7.71. The number of hydrogen-bond acceptors (Lipinski definition) is 4. The van der Waals surface area contributed by atoms with Crippen molar-refractivity contribution in [3.63, 3.8) is 0 Å². The normalized spacial score (nSPS) is 19.0. The van der Waals surface area contributed by atoms with E-state index in [0.29, 0.717) is 0 Å². The monoisotopic (exact) mass is 324 g/mol. The Morgan fingerprint density at radius 2 is 1.91 bits per heavy atom. The summed E-state index contributed by atoms with van der Waals surface area (Å²) < 4.78 is 18.7. The first-order chi connectivity index (χ1) is 10.2. The van der Waals surface area contributed by atoms with Crippen LogP contribution in [0.25, 0.3) is 0 Å². The van der Waals surface area contributed by atoms with E-state index in [1.165, 1.54) is 0 Å². The molecule has 0 radical (unpaired) electrons. The lowest BCUT2D eigenvalue weighted by molar-refractivity contribution is 0.361. The molecule has 0 spiro atoms. The summed E-state index contributed by atoms with van der Waals surface area (Å²) in [5, 5.41) is 4.39. The van der Waals surface area contributed by atoms with Crippen molar-refractivity contribution in [2.45, 2.75) is 20.8 Å². The standard InChI is InChI=1S/C17H29N2O2P/c1-17(2,3)13-18-15-7-6-14(12-16(15)21-5)22(20)10-8-19(4)9-11-22/h6-7,12,18H,8-11,13H2,1-5H3. The van der Waals surface area contributed by atoms with Gasteiger partial charge in [0.25, 0.3) is 0 Å². The van der Waals surface area contributed by atoms with Crippen molar-refractivity contribution in [1.82, 2.24) is 4.90 Å². The average molecular weight is 324 g/mol. The number of hydrogen-bond donors (Lipinski definition) is 1. The topological polar surface area (TPSA) is 41.6 Å². The Morgan fingerprint density at radius 3 is 2.45 bits per heavy atom. The maximum atomic E-state index is 13.2. The lowest BCUT2D eigenvalue weighted by Gasteiger charge is -2.30. The van der Waals surface area contributed by atoms with Gasteiger partial charge in [-0.25, -0.2) is 0 Å². The van der Waals surface area contributed by atoms with Gasteiger partial charge in [0.2, 0.25) is 0 Å². The van der Waals surface area contributed by atoms with Gasteiger partial charge in [0.15, 0.2) is 0 Å². The fourth-order valence-corrected chi connectivity index (χ4v) is 5.35. The molecule has 1 fully saturated rings. The Labute approximate surface area is 134 Å². The Kier molecular flexibility index (Phi) is 5.24. The zero-order chi connectivity index (χ0) is 16.4. The molecule has 0 aliphatic carbocycles. The molecule has 1 saturated heterocycles. The summed E-state index contributed by atoms with van der Waals surface area (Å²) in [6, 6.07) is 5.99. The lowest BCUT2D eigenvalue weighted by atomic mass is 9.97. The zero-order valence-corrected chi connectivity index (χ0v) is 15.4. The predicted octanol–water partition coefficient (Wildman–Crippen LogP) is 3.09. The highest BCUT2D eigenvalue weighted by Gasteiger charge is 2.29. The van der Waals surface area contributed by atoms with Gasteiger partial charge >= 0.3 is 0 Å². The molecule has 0 atom stereocenters. The van der Waals surface area contributed by atoms with Crippen LogP contribution in [-0.2, 0) is 4.57 Å². The van der Waals surface area contributed by atoms with Crippen molar-refractivity contribution in [1.29, 1.82) is 0 Å². The first kappa shape index (κ1) is 17.4. The Bertz CT molecular complexity index is 554. The van der Waals surface area contributed by atoms with Crippen molar-refractivity contribution in [3.05, 3.63) is 18.2 Å². The fourth-order valence-electron chi connectivity index (χ4n) is 2.59. The molecule has 4 nitrogen and oxygen atoms in total. The van der Waals surface area contributed by atoms with Gasteiger partial charge < -0.3 is 19.5 Å². The van der Waals surface area contributed by atoms with Gasteiger partial charge in [-0.1, -0.05) is 20.8 Å². The summed E-state index contributed by atoms with van der Waals surface area (Å²) in [5.41, 5.74) is 1.17. The molecule has 1 aromatic carbocycles. The number of rotatable bonds is 4. The molecule has 1 aliphatic rings. The van der Waals surface area contributed by atoms with Gasteiger partial charge in [0, 0.05) is 37.3 Å². The van der Waals surface area contributed by atoms with Crippen molar-refractivity contribution < 1.29 is 9.30 Å². The third-order valence-electron chi connectivity index (χ3n) is 4.15. The van der Waals surface area contributed by atoms with E-state index >= 15 is 0 Å². The summed E-state index contributed by atoms with van der Waals surface area (Å²) in [4.78, 5) is 2.24. The number of anilines is 1.